The van der Waals surface area contributed by atoms with Gasteiger partial charge in [-0.2, -0.15) is 0 Å². The van der Waals surface area contributed by atoms with Gasteiger partial charge in [-0.1, -0.05) is 12.2 Å². The molecule has 1 aliphatic rings. The van der Waals surface area contributed by atoms with Crippen LogP contribution in [-0.2, 0) is 0 Å². The van der Waals surface area contributed by atoms with Gasteiger partial charge >= 0.3 is 0 Å². The number of rotatable bonds is 3. The Morgan fingerprint density at radius 2 is 1.88 bits per heavy atom. The monoisotopic (exact) mass is 255 g/mol. The van der Waals surface area contributed by atoms with Gasteiger partial charge in [-0.3, -0.25) is 4.90 Å². The van der Waals surface area contributed by atoms with Crippen LogP contribution in [0.2, 0.25) is 0 Å². The summed E-state index contributed by atoms with van der Waals surface area (Å²) in [7, 11) is 0. The van der Waals surface area contributed by atoms with Crippen LogP contribution < -0.4 is 10.6 Å². The molecule has 17 heavy (non-hydrogen) atoms. The lowest BCUT2D eigenvalue weighted by Gasteiger charge is -2.34. The molecule has 1 aromatic heterocycles. The Morgan fingerprint density at radius 1 is 1.29 bits per heavy atom. The molecule has 0 unspecified atom stereocenters. The largest absolute Gasteiger partial charge is 0.392 e. The van der Waals surface area contributed by atoms with E-state index in [4.69, 9.17) is 18.0 Å². The number of thiocarbonyl (C=S) groups is 1. The molecule has 0 amide bonds. The van der Waals surface area contributed by atoms with Gasteiger partial charge < -0.3 is 10.6 Å². The summed E-state index contributed by atoms with van der Waals surface area (Å²) in [4.78, 5) is 12.6. The maximum atomic E-state index is 12.7. The Bertz CT molecular complexity index is 388. The number of nitrogens with two attached hydrogens (primary N) is 1. The molecule has 0 spiro atoms. The van der Waals surface area contributed by atoms with Crippen molar-refractivity contribution in [3.63, 3.8) is 0 Å². The summed E-state index contributed by atoms with van der Waals surface area (Å²) in [5, 5.41) is 0. The topological polar surface area (TPSA) is 58.3 Å². The molecule has 5 nitrogen and oxygen atoms in total. The van der Waals surface area contributed by atoms with Crippen molar-refractivity contribution in [1.82, 2.24) is 14.9 Å². The van der Waals surface area contributed by atoms with Gasteiger partial charge in [-0.25, -0.2) is 14.4 Å². The van der Waals surface area contributed by atoms with Gasteiger partial charge in [-0.15, -0.1) is 0 Å². The average molecular weight is 255 g/mol. The maximum Gasteiger partial charge on any atom is 0.225 e. The van der Waals surface area contributed by atoms with Crippen molar-refractivity contribution in [1.29, 1.82) is 0 Å². The average Bonchev–Trinajstić information content (AvgIpc) is 2.30. The van der Waals surface area contributed by atoms with E-state index in [1.54, 1.807) is 0 Å². The van der Waals surface area contributed by atoms with Crippen LogP contribution in [0.4, 0.5) is 10.3 Å². The van der Waals surface area contributed by atoms with E-state index in [9.17, 15) is 4.39 Å². The molecule has 0 bridgehead atoms. The van der Waals surface area contributed by atoms with Crippen molar-refractivity contribution in [2.24, 2.45) is 5.73 Å². The predicted octanol–water partition coefficient (Wildman–Crippen LogP) is 0.0238. The molecule has 1 aromatic rings. The summed E-state index contributed by atoms with van der Waals surface area (Å²) in [6, 6.07) is 0. The first-order chi connectivity index (χ1) is 8.15. The molecule has 0 aliphatic carbocycles. The van der Waals surface area contributed by atoms with E-state index in [0.29, 0.717) is 17.5 Å². The minimum absolute atomic E-state index is 0.416. The van der Waals surface area contributed by atoms with Gasteiger partial charge in [0.25, 0.3) is 0 Å². The summed E-state index contributed by atoms with van der Waals surface area (Å²) in [5.41, 5.74) is 5.50. The molecule has 1 saturated heterocycles. The zero-order chi connectivity index (χ0) is 12.3. The van der Waals surface area contributed by atoms with Crippen LogP contribution in [0.1, 0.15) is 0 Å². The zero-order valence-electron chi connectivity index (χ0n) is 9.34. The van der Waals surface area contributed by atoms with Crippen LogP contribution in [0.25, 0.3) is 0 Å². The van der Waals surface area contributed by atoms with Crippen molar-refractivity contribution in [3.05, 3.63) is 18.2 Å². The first-order valence-electron chi connectivity index (χ1n) is 5.38. The molecular weight excluding hydrogens is 241 g/mol. The third kappa shape index (κ3) is 3.31. The molecule has 1 aliphatic heterocycles. The van der Waals surface area contributed by atoms with Crippen LogP contribution in [0.5, 0.6) is 0 Å². The summed E-state index contributed by atoms with van der Waals surface area (Å²) in [6.45, 7) is 3.96. The van der Waals surface area contributed by atoms with Gasteiger partial charge in [0.2, 0.25) is 5.95 Å². The molecule has 2 N–H and O–H groups in total. The standard InChI is InChI=1S/C10H14FN5S/c11-8-5-13-10(14-6-8)16-3-1-15(2-4-16)7-9(12)17/h5-6H,1-4,7H2,(H2,12,17). The molecule has 92 valence electrons. The Hall–Kier alpha value is -1.34. The van der Waals surface area contributed by atoms with Crippen molar-refractivity contribution in [3.8, 4) is 0 Å². The SMILES string of the molecule is NC(=S)CN1CCN(c2ncc(F)cn2)CC1. The normalized spacial score (nSPS) is 17.1. The summed E-state index contributed by atoms with van der Waals surface area (Å²) < 4.78 is 12.7. The molecule has 0 aromatic carbocycles. The molecule has 2 heterocycles. The second-order valence-electron chi connectivity index (χ2n) is 3.93. The fourth-order valence-corrected chi connectivity index (χ4v) is 1.98. The molecular formula is C10H14FN5S. The Balaban J connectivity index is 1.90. The van der Waals surface area contributed by atoms with Gasteiger partial charge in [-0.05, 0) is 0 Å². The number of halogens is 1. The number of hydrogen-bond donors (Lipinski definition) is 1. The molecule has 2 rings (SSSR count). The predicted molar refractivity (Wildman–Crippen MR) is 67.4 cm³/mol. The number of nitrogens with zero attached hydrogens (tertiary/aromatic N) is 4. The lowest BCUT2D eigenvalue weighted by Crippen LogP contribution is -2.49. The highest BCUT2D eigenvalue weighted by Crippen LogP contribution is 2.10. The molecule has 0 saturated carbocycles. The molecule has 0 radical (unpaired) electrons. The van der Waals surface area contributed by atoms with Crippen LogP contribution in [0.15, 0.2) is 12.4 Å². The second-order valence-corrected chi connectivity index (χ2v) is 4.46. The van der Waals surface area contributed by atoms with E-state index in [2.05, 4.69) is 14.9 Å². The molecule has 7 heteroatoms. The zero-order valence-corrected chi connectivity index (χ0v) is 10.2. The lowest BCUT2D eigenvalue weighted by molar-refractivity contribution is 0.290. The lowest BCUT2D eigenvalue weighted by atomic mass is 10.3. The molecule has 1 fully saturated rings. The van der Waals surface area contributed by atoms with Crippen molar-refractivity contribution < 1.29 is 4.39 Å². The van der Waals surface area contributed by atoms with E-state index in [1.165, 1.54) is 12.4 Å². The first-order valence-corrected chi connectivity index (χ1v) is 5.79. The fourth-order valence-electron chi connectivity index (χ4n) is 1.80. The van der Waals surface area contributed by atoms with Gasteiger partial charge in [0.15, 0.2) is 5.82 Å². The molecule has 0 atom stereocenters. The first kappa shape index (κ1) is 12.1. The maximum absolute atomic E-state index is 12.7. The van der Waals surface area contributed by atoms with E-state index >= 15 is 0 Å². The Morgan fingerprint density at radius 3 is 2.41 bits per heavy atom. The summed E-state index contributed by atoms with van der Waals surface area (Å²) in [5.74, 6) is 0.155. The Kier molecular flexibility index (Phi) is 3.80. The highest BCUT2D eigenvalue weighted by Gasteiger charge is 2.18. The van der Waals surface area contributed by atoms with E-state index < -0.39 is 5.82 Å². The number of hydrogen-bond acceptors (Lipinski definition) is 5. The third-order valence-electron chi connectivity index (χ3n) is 2.64. The van der Waals surface area contributed by atoms with Crippen molar-refractivity contribution >= 4 is 23.2 Å². The van der Waals surface area contributed by atoms with Gasteiger partial charge in [0.05, 0.1) is 17.4 Å². The minimum atomic E-state index is -0.416. The van der Waals surface area contributed by atoms with Crippen LogP contribution in [-0.4, -0.2) is 52.6 Å². The number of anilines is 1. The quantitative estimate of drug-likeness (QED) is 0.769. The van der Waals surface area contributed by atoms with E-state index in [1.807, 2.05) is 4.90 Å². The highest BCUT2D eigenvalue weighted by molar-refractivity contribution is 7.80. The van der Waals surface area contributed by atoms with E-state index in [0.717, 1.165) is 26.2 Å². The smallest absolute Gasteiger partial charge is 0.225 e. The van der Waals surface area contributed by atoms with Gasteiger partial charge in [0.1, 0.15) is 0 Å². The van der Waals surface area contributed by atoms with Gasteiger partial charge in [0, 0.05) is 32.7 Å². The van der Waals surface area contributed by atoms with Crippen molar-refractivity contribution in [2.75, 3.05) is 37.6 Å². The second kappa shape index (κ2) is 5.33. The van der Waals surface area contributed by atoms with E-state index in [-0.39, 0.29) is 0 Å². The highest BCUT2D eigenvalue weighted by atomic mass is 32.1. The fraction of sp³-hybridized carbons (Fsp3) is 0.500. The van der Waals surface area contributed by atoms with Crippen molar-refractivity contribution in [2.45, 2.75) is 0 Å². The van der Waals surface area contributed by atoms with Crippen LogP contribution in [0, 0.1) is 5.82 Å². The number of piperazine rings is 1. The van der Waals surface area contributed by atoms with Crippen LogP contribution >= 0.6 is 12.2 Å². The summed E-state index contributed by atoms with van der Waals surface area (Å²) in [6.07, 6.45) is 2.37. The third-order valence-corrected chi connectivity index (χ3v) is 2.77. The Labute approximate surface area is 104 Å². The summed E-state index contributed by atoms with van der Waals surface area (Å²) >= 11 is 4.87. The minimum Gasteiger partial charge on any atom is -0.392 e. The number of aromatic nitrogens is 2. The van der Waals surface area contributed by atoms with Crippen LogP contribution in [0.3, 0.4) is 0 Å².